The summed E-state index contributed by atoms with van der Waals surface area (Å²) in [6.45, 7) is 4.19. The minimum atomic E-state index is -1.09. The molecule has 0 aromatic rings. The molecule has 0 aliphatic carbocycles. The van der Waals surface area contributed by atoms with Crippen LogP contribution < -0.4 is 5.32 Å². The maximum absolute atomic E-state index is 12.5. The molecule has 0 rings (SSSR count). The van der Waals surface area contributed by atoms with Gasteiger partial charge in [-0.25, -0.2) is 0 Å². The lowest BCUT2D eigenvalue weighted by Crippen LogP contribution is -2.48. The van der Waals surface area contributed by atoms with Crippen LogP contribution >= 0.6 is 0 Å². The van der Waals surface area contributed by atoms with E-state index in [4.69, 9.17) is 0 Å². The van der Waals surface area contributed by atoms with Gasteiger partial charge in [0.2, 0.25) is 5.91 Å². The number of hydrogen-bond acceptors (Lipinski definition) is 4. The Morgan fingerprint density at radius 3 is 1.10 bits per heavy atom. The summed E-state index contributed by atoms with van der Waals surface area (Å²) in [5, 5.41) is 33.1. The van der Waals surface area contributed by atoms with Crippen LogP contribution in [0.4, 0.5) is 0 Å². The second kappa shape index (κ2) is 40.9. The van der Waals surface area contributed by atoms with E-state index in [1.54, 1.807) is 6.08 Å². The molecule has 4 N–H and O–H groups in total. The number of hydrogen-bond donors (Lipinski definition) is 4. The molecule has 0 radical (unpaired) electrons. The molecule has 5 nitrogen and oxygen atoms in total. The van der Waals surface area contributed by atoms with Crippen molar-refractivity contribution in [1.29, 1.82) is 0 Å². The summed E-state index contributed by atoms with van der Waals surface area (Å²) < 4.78 is 0. The number of unbranched alkanes of at least 4 members (excludes halogenated alkanes) is 33. The fraction of sp³-hybridized carbons (Fsp3) is 0.933. The molecule has 3 atom stereocenters. The number of rotatable bonds is 41. The van der Waals surface area contributed by atoms with Crippen molar-refractivity contribution in [3.8, 4) is 0 Å². The normalized spacial score (nSPS) is 13.6. The molecule has 0 bridgehead atoms. The third-order valence-corrected chi connectivity index (χ3v) is 10.6. The third kappa shape index (κ3) is 35.5. The van der Waals surface area contributed by atoms with Crippen LogP contribution in [0.15, 0.2) is 12.2 Å². The molecule has 298 valence electrons. The van der Waals surface area contributed by atoms with Gasteiger partial charge in [0.25, 0.3) is 0 Å². The summed E-state index contributed by atoms with van der Waals surface area (Å²) in [6.07, 6.45) is 48.2. The molecule has 0 aromatic heterocycles. The quantitative estimate of drug-likeness (QED) is 0.0376. The van der Waals surface area contributed by atoms with Crippen molar-refractivity contribution in [3.05, 3.63) is 12.2 Å². The Kier molecular flexibility index (Phi) is 40.1. The van der Waals surface area contributed by atoms with Gasteiger partial charge in [-0.2, -0.15) is 0 Å². The number of amides is 1. The van der Waals surface area contributed by atoms with Crippen LogP contribution in [0.2, 0.25) is 0 Å². The summed E-state index contributed by atoms with van der Waals surface area (Å²) in [6, 6.07) is -0.792. The number of aliphatic hydroxyl groups is 3. The first-order valence-electron chi connectivity index (χ1n) is 22.5. The minimum absolute atomic E-state index is 0.359. The third-order valence-electron chi connectivity index (χ3n) is 10.6. The Morgan fingerprint density at radius 1 is 0.480 bits per heavy atom. The molecule has 0 spiro atoms. The van der Waals surface area contributed by atoms with Crippen molar-refractivity contribution < 1.29 is 20.1 Å². The lowest BCUT2D eigenvalue weighted by molar-refractivity contribution is -0.131. The van der Waals surface area contributed by atoms with E-state index in [1.807, 2.05) is 6.08 Å². The van der Waals surface area contributed by atoms with Crippen molar-refractivity contribution >= 4 is 5.91 Å². The van der Waals surface area contributed by atoms with E-state index in [2.05, 4.69) is 19.2 Å². The lowest BCUT2D eigenvalue weighted by Gasteiger charge is -2.21. The van der Waals surface area contributed by atoms with E-state index in [1.165, 1.54) is 193 Å². The summed E-state index contributed by atoms with van der Waals surface area (Å²) in [7, 11) is 0. The zero-order chi connectivity index (χ0) is 36.6. The van der Waals surface area contributed by atoms with Crippen LogP contribution in [-0.2, 0) is 4.79 Å². The van der Waals surface area contributed by atoms with Crippen molar-refractivity contribution in [3.63, 3.8) is 0 Å². The molecule has 0 saturated heterocycles. The van der Waals surface area contributed by atoms with Gasteiger partial charge in [-0.3, -0.25) is 4.79 Å². The SMILES string of the molecule is CCCCCCCCCCCCCC/C=C/C(O)C(CO)NC(=O)C(O)CCCCCCCCCCCCCCCCCCCCCCCC. The molecule has 0 saturated carbocycles. The fourth-order valence-corrected chi connectivity index (χ4v) is 7.07. The number of carbonyl (C=O) groups excluding carboxylic acids is 1. The van der Waals surface area contributed by atoms with Gasteiger partial charge in [-0.1, -0.05) is 238 Å². The first kappa shape index (κ1) is 49.1. The van der Waals surface area contributed by atoms with E-state index in [0.29, 0.717) is 6.42 Å². The molecule has 50 heavy (non-hydrogen) atoms. The summed E-state index contributed by atoms with van der Waals surface area (Å²) in [5.41, 5.74) is 0. The zero-order valence-corrected chi connectivity index (χ0v) is 33.8. The number of allylic oxidation sites excluding steroid dienone is 1. The standard InChI is InChI=1S/C45H89NO4/c1-3-5-7-9-11-13-15-17-19-20-21-22-23-24-25-26-28-30-32-34-36-38-40-44(49)45(50)46-42(41-47)43(48)39-37-35-33-31-29-27-18-16-14-12-10-8-6-4-2/h37,39,42-44,47-49H,3-36,38,40-41H2,1-2H3,(H,46,50)/b39-37+. The van der Waals surface area contributed by atoms with E-state index in [9.17, 15) is 20.1 Å². The Bertz CT molecular complexity index is 699. The predicted molar refractivity (Wildman–Crippen MR) is 218 cm³/mol. The smallest absolute Gasteiger partial charge is 0.249 e. The first-order valence-corrected chi connectivity index (χ1v) is 22.5. The largest absolute Gasteiger partial charge is 0.394 e. The van der Waals surface area contributed by atoms with Gasteiger partial charge < -0.3 is 20.6 Å². The van der Waals surface area contributed by atoms with E-state index in [0.717, 1.165) is 32.1 Å². The number of nitrogens with one attached hydrogen (secondary N) is 1. The molecule has 1 amide bonds. The second-order valence-corrected chi connectivity index (χ2v) is 15.6. The molecule has 0 aliphatic heterocycles. The van der Waals surface area contributed by atoms with Crippen LogP contribution in [0.5, 0.6) is 0 Å². The van der Waals surface area contributed by atoms with E-state index in [-0.39, 0.29) is 6.61 Å². The monoisotopic (exact) mass is 708 g/mol. The van der Waals surface area contributed by atoms with E-state index < -0.39 is 24.2 Å². The summed E-state index contributed by atoms with van der Waals surface area (Å²) in [4.78, 5) is 12.5. The van der Waals surface area contributed by atoms with Gasteiger partial charge in [0.15, 0.2) is 0 Å². The topological polar surface area (TPSA) is 89.8 Å². The summed E-state index contributed by atoms with van der Waals surface area (Å²) in [5.74, 6) is -0.499. The van der Waals surface area contributed by atoms with Gasteiger partial charge in [0.1, 0.15) is 6.10 Å². The molecule has 0 aliphatic rings. The number of aliphatic hydroxyl groups excluding tert-OH is 3. The zero-order valence-electron chi connectivity index (χ0n) is 33.8. The molecular formula is C45H89NO4. The fourth-order valence-electron chi connectivity index (χ4n) is 7.07. The number of carbonyl (C=O) groups is 1. The molecule has 0 fully saturated rings. The van der Waals surface area contributed by atoms with Gasteiger partial charge in [-0.05, 0) is 19.3 Å². The van der Waals surface area contributed by atoms with E-state index >= 15 is 0 Å². The highest BCUT2D eigenvalue weighted by Crippen LogP contribution is 2.16. The molecule has 0 heterocycles. The Morgan fingerprint density at radius 2 is 0.780 bits per heavy atom. The lowest BCUT2D eigenvalue weighted by atomic mass is 10.0. The van der Waals surface area contributed by atoms with Crippen LogP contribution in [-0.4, -0.2) is 46.1 Å². The predicted octanol–water partition coefficient (Wildman–Crippen LogP) is 12.8. The van der Waals surface area contributed by atoms with Crippen molar-refractivity contribution in [2.75, 3.05) is 6.61 Å². The Hall–Kier alpha value is -0.910. The molecular weight excluding hydrogens is 618 g/mol. The van der Waals surface area contributed by atoms with Crippen molar-refractivity contribution in [1.82, 2.24) is 5.32 Å². The highest BCUT2D eigenvalue weighted by atomic mass is 16.3. The minimum Gasteiger partial charge on any atom is -0.394 e. The second-order valence-electron chi connectivity index (χ2n) is 15.6. The summed E-state index contributed by atoms with van der Waals surface area (Å²) >= 11 is 0. The average molecular weight is 708 g/mol. The van der Waals surface area contributed by atoms with Gasteiger partial charge in [-0.15, -0.1) is 0 Å². The molecule has 0 aromatic carbocycles. The average Bonchev–Trinajstić information content (AvgIpc) is 3.12. The molecule has 5 heteroatoms. The first-order chi connectivity index (χ1) is 24.6. The maximum Gasteiger partial charge on any atom is 0.249 e. The van der Waals surface area contributed by atoms with Crippen molar-refractivity contribution in [2.45, 2.75) is 263 Å². The van der Waals surface area contributed by atoms with Gasteiger partial charge in [0.05, 0.1) is 18.8 Å². The molecule has 3 unspecified atom stereocenters. The van der Waals surface area contributed by atoms with Crippen LogP contribution in [0.1, 0.15) is 245 Å². The van der Waals surface area contributed by atoms with Crippen LogP contribution in [0.3, 0.4) is 0 Å². The van der Waals surface area contributed by atoms with Crippen molar-refractivity contribution in [2.24, 2.45) is 0 Å². The Balaban J connectivity index is 3.60. The van der Waals surface area contributed by atoms with Gasteiger partial charge >= 0.3 is 0 Å². The Labute approximate surface area is 312 Å². The highest BCUT2D eigenvalue weighted by Gasteiger charge is 2.22. The maximum atomic E-state index is 12.5. The highest BCUT2D eigenvalue weighted by molar-refractivity contribution is 5.80. The van der Waals surface area contributed by atoms with Gasteiger partial charge in [0, 0.05) is 0 Å². The van der Waals surface area contributed by atoms with Crippen LogP contribution in [0, 0.1) is 0 Å². The van der Waals surface area contributed by atoms with Crippen LogP contribution in [0.25, 0.3) is 0 Å².